The van der Waals surface area contributed by atoms with E-state index in [9.17, 15) is 5.11 Å². The third-order valence-electron chi connectivity index (χ3n) is 3.05. The lowest BCUT2D eigenvalue weighted by atomic mass is 10.2. The molecule has 0 aromatic heterocycles. The molecule has 0 aliphatic heterocycles. The molecule has 0 radical (unpaired) electrons. The first-order valence-electron chi connectivity index (χ1n) is 5.79. The summed E-state index contributed by atoms with van der Waals surface area (Å²) in [6, 6.07) is 7.63. The van der Waals surface area contributed by atoms with Crippen LogP contribution in [0.15, 0.2) is 24.3 Å². The number of nitrogens with zero attached hydrogens (tertiary/aromatic N) is 1. The van der Waals surface area contributed by atoms with Gasteiger partial charge in [0.1, 0.15) is 5.75 Å². The van der Waals surface area contributed by atoms with Crippen LogP contribution >= 0.6 is 0 Å². The third-order valence-corrected chi connectivity index (χ3v) is 3.05. The van der Waals surface area contributed by atoms with Crippen LogP contribution in [-0.2, 0) is 6.54 Å². The van der Waals surface area contributed by atoms with Gasteiger partial charge in [0.05, 0.1) is 0 Å². The number of phenolic OH excluding ortho intramolecular Hbond substituents is 1. The Labute approximate surface area is 91.5 Å². The Hall–Kier alpha value is -1.02. The lowest BCUT2D eigenvalue weighted by molar-refractivity contribution is 0.264. The van der Waals surface area contributed by atoms with Crippen LogP contribution in [0.25, 0.3) is 0 Å². The molecule has 1 aromatic carbocycles. The van der Waals surface area contributed by atoms with Crippen molar-refractivity contribution in [2.45, 2.75) is 26.3 Å². The van der Waals surface area contributed by atoms with Crippen LogP contribution in [-0.4, -0.2) is 23.1 Å². The second kappa shape index (κ2) is 4.67. The summed E-state index contributed by atoms with van der Waals surface area (Å²) in [6.45, 7) is 5.30. The molecule has 1 fully saturated rings. The maximum Gasteiger partial charge on any atom is 0.120 e. The van der Waals surface area contributed by atoms with Gasteiger partial charge in [-0.3, -0.25) is 4.90 Å². The van der Waals surface area contributed by atoms with Crippen molar-refractivity contribution in [2.24, 2.45) is 5.92 Å². The molecule has 1 aliphatic carbocycles. The van der Waals surface area contributed by atoms with Crippen molar-refractivity contribution in [3.63, 3.8) is 0 Å². The van der Waals surface area contributed by atoms with Gasteiger partial charge in [-0.15, -0.1) is 0 Å². The van der Waals surface area contributed by atoms with Crippen LogP contribution in [0, 0.1) is 5.92 Å². The van der Waals surface area contributed by atoms with E-state index < -0.39 is 0 Å². The number of para-hydroxylation sites is 1. The number of hydrogen-bond donors (Lipinski definition) is 1. The van der Waals surface area contributed by atoms with Gasteiger partial charge < -0.3 is 5.11 Å². The zero-order valence-electron chi connectivity index (χ0n) is 9.32. The number of hydrogen-bond acceptors (Lipinski definition) is 2. The van der Waals surface area contributed by atoms with E-state index in [1.165, 1.54) is 19.4 Å². The first kappa shape index (κ1) is 10.5. The van der Waals surface area contributed by atoms with Crippen molar-refractivity contribution >= 4 is 0 Å². The molecule has 0 atom stereocenters. The second-order valence-electron chi connectivity index (χ2n) is 4.40. The largest absolute Gasteiger partial charge is 0.508 e. The molecule has 2 rings (SSSR count). The highest BCUT2D eigenvalue weighted by Crippen LogP contribution is 2.30. The molecule has 0 bridgehead atoms. The predicted octanol–water partition coefficient (Wildman–Crippen LogP) is 2.62. The predicted molar refractivity (Wildman–Crippen MR) is 61.8 cm³/mol. The minimum absolute atomic E-state index is 0.423. The van der Waals surface area contributed by atoms with Gasteiger partial charge in [-0.25, -0.2) is 0 Å². The summed E-state index contributed by atoms with van der Waals surface area (Å²) in [7, 11) is 0. The number of aromatic hydroxyl groups is 1. The summed E-state index contributed by atoms with van der Waals surface area (Å²) in [5.41, 5.74) is 1.04. The standard InChI is InChI=1S/C13H19NO/c1-2-14(9-11-7-8-11)10-12-5-3-4-6-13(12)15/h3-6,11,15H,2,7-10H2,1H3. The molecule has 15 heavy (non-hydrogen) atoms. The van der Waals surface area contributed by atoms with E-state index in [1.54, 1.807) is 6.07 Å². The second-order valence-corrected chi connectivity index (χ2v) is 4.40. The number of rotatable bonds is 5. The van der Waals surface area contributed by atoms with Crippen molar-refractivity contribution in [2.75, 3.05) is 13.1 Å². The monoisotopic (exact) mass is 205 g/mol. The fourth-order valence-electron chi connectivity index (χ4n) is 1.86. The van der Waals surface area contributed by atoms with Crippen LogP contribution in [0.3, 0.4) is 0 Å². The molecule has 0 heterocycles. The van der Waals surface area contributed by atoms with Crippen molar-refractivity contribution < 1.29 is 5.11 Å². The first-order chi connectivity index (χ1) is 7.29. The number of benzene rings is 1. The maximum absolute atomic E-state index is 9.68. The minimum Gasteiger partial charge on any atom is -0.508 e. The zero-order chi connectivity index (χ0) is 10.7. The van der Waals surface area contributed by atoms with Gasteiger partial charge >= 0.3 is 0 Å². The Morgan fingerprint density at radius 2 is 2.07 bits per heavy atom. The van der Waals surface area contributed by atoms with E-state index in [2.05, 4.69) is 11.8 Å². The summed E-state index contributed by atoms with van der Waals surface area (Å²) >= 11 is 0. The SMILES string of the molecule is CCN(Cc1ccccc1O)CC1CC1. The highest BCUT2D eigenvalue weighted by Gasteiger charge is 2.23. The van der Waals surface area contributed by atoms with Crippen LogP contribution in [0.1, 0.15) is 25.3 Å². The Bertz CT molecular complexity index is 320. The average molecular weight is 205 g/mol. The van der Waals surface area contributed by atoms with Gasteiger partial charge in [0.25, 0.3) is 0 Å². The molecule has 0 amide bonds. The normalized spacial score (nSPS) is 15.9. The summed E-state index contributed by atoms with van der Waals surface area (Å²) in [6.07, 6.45) is 2.77. The molecule has 1 N–H and O–H groups in total. The molecular formula is C13H19NO. The smallest absolute Gasteiger partial charge is 0.120 e. The van der Waals surface area contributed by atoms with E-state index in [4.69, 9.17) is 0 Å². The topological polar surface area (TPSA) is 23.5 Å². The highest BCUT2D eigenvalue weighted by atomic mass is 16.3. The van der Waals surface area contributed by atoms with Crippen LogP contribution in [0.2, 0.25) is 0 Å². The Morgan fingerprint density at radius 3 is 2.67 bits per heavy atom. The highest BCUT2D eigenvalue weighted by molar-refractivity contribution is 5.31. The van der Waals surface area contributed by atoms with E-state index in [-0.39, 0.29) is 0 Å². The van der Waals surface area contributed by atoms with Crippen LogP contribution < -0.4 is 0 Å². The van der Waals surface area contributed by atoms with Gasteiger partial charge in [-0.05, 0) is 31.4 Å². The molecule has 1 aromatic rings. The van der Waals surface area contributed by atoms with Crippen molar-refractivity contribution in [3.05, 3.63) is 29.8 Å². The van der Waals surface area contributed by atoms with Gasteiger partial charge in [-0.2, -0.15) is 0 Å². The summed E-state index contributed by atoms with van der Waals surface area (Å²) in [5, 5.41) is 9.68. The lowest BCUT2D eigenvalue weighted by Gasteiger charge is -2.20. The summed E-state index contributed by atoms with van der Waals surface area (Å²) in [4.78, 5) is 2.41. The van der Waals surface area contributed by atoms with Crippen molar-refractivity contribution in [1.29, 1.82) is 0 Å². The Morgan fingerprint density at radius 1 is 1.33 bits per heavy atom. The van der Waals surface area contributed by atoms with Gasteiger partial charge in [0, 0.05) is 18.7 Å². The molecule has 2 heteroatoms. The fourth-order valence-corrected chi connectivity index (χ4v) is 1.86. The molecule has 0 saturated heterocycles. The van der Waals surface area contributed by atoms with Crippen molar-refractivity contribution in [3.8, 4) is 5.75 Å². The molecule has 2 nitrogen and oxygen atoms in total. The molecule has 0 spiro atoms. The van der Waals surface area contributed by atoms with Gasteiger partial charge in [0.2, 0.25) is 0 Å². The van der Waals surface area contributed by atoms with E-state index in [0.29, 0.717) is 5.75 Å². The lowest BCUT2D eigenvalue weighted by Crippen LogP contribution is -2.25. The van der Waals surface area contributed by atoms with Crippen LogP contribution in [0.5, 0.6) is 5.75 Å². The van der Waals surface area contributed by atoms with E-state index in [1.807, 2.05) is 18.2 Å². The van der Waals surface area contributed by atoms with Gasteiger partial charge in [-0.1, -0.05) is 25.1 Å². The average Bonchev–Trinajstić information content (AvgIpc) is 3.04. The maximum atomic E-state index is 9.68. The Balaban J connectivity index is 1.95. The summed E-state index contributed by atoms with van der Waals surface area (Å²) in [5.74, 6) is 1.34. The van der Waals surface area contributed by atoms with Crippen molar-refractivity contribution in [1.82, 2.24) is 4.90 Å². The fraction of sp³-hybridized carbons (Fsp3) is 0.538. The quantitative estimate of drug-likeness (QED) is 0.798. The first-order valence-corrected chi connectivity index (χ1v) is 5.79. The minimum atomic E-state index is 0.423. The van der Waals surface area contributed by atoms with Crippen LogP contribution in [0.4, 0.5) is 0 Å². The Kier molecular flexibility index (Phi) is 3.27. The third kappa shape index (κ3) is 2.96. The molecular weight excluding hydrogens is 186 g/mol. The molecule has 1 aliphatic rings. The molecule has 0 unspecified atom stereocenters. The molecule has 1 saturated carbocycles. The molecule has 82 valence electrons. The van der Waals surface area contributed by atoms with E-state index in [0.717, 1.165) is 24.6 Å². The van der Waals surface area contributed by atoms with E-state index >= 15 is 0 Å². The summed E-state index contributed by atoms with van der Waals surface area (Å²) < 4.78 is 0. The number of phenols is 1. The van der Waals surface area contributed by atoms with Gasteiger partial charge in [0.15, 0.2) is 0 Å². The zero-order valence-corrected chi connectivity index (χ0v) is 9.32.